The first kappa shape index (κ1) is 12.7. The quantitative estimate of drug-likeness (QED) is 0.867. The van der Waals surface area contributed by atoms with E-state index >= 15 is 0 Å². The molecule has 102 valence electrons. The van der Waals surface area contributed by atoms with Gasteiger partial charge in [0.05, 0.1) is 6.04 Å². The summed E-state index contributed by atoms with van der Waals surface area (Å²) in [5.74, 6) is 1.01. The normalized spacial score (nSPS) is 18.7. The van der Waals surface area contributed by atoms with Crippen LogP contribution in [0.2, 0.25) is 0 Å². The van der Waals surface area contributed by atoms with E-state index in [1.165, 1.54) is 10.9 Å². The number of para-hydroxylation sites is 1. The molecule has 3 rings (SSSR count). The average Bonchev–Trinajstić information content (AvgIpc) is 3.15. The molecule has 1 heterocycles. The summed E-state index contributed by atoms with van der Waals surface area (Å²) in [7, 11) is 0. The van der Waals surface area contributed by atoms with Crippen molar-refractivity contribution in [2.24, 2.45) is 5.41 Å². The van der Waals surface area contributed by atoms with Crippen LogP contribution in [0, 0.1) is 12.3 Å². The predicted octanol–water partition coefficient (Wildman–Crippen LogP) is 3.16. The first-order chi connectivity index (χ1) is 9.15. The standard InChI is InChI=1S/C16H21NO2/c1-11-13-5-3-4-6-14(13)19-15(11)12(2)17-9-16(10-18)7-8-16/h3-6,12,17-18H,7-10H2,1-2H3. The van der Waals surface area contributed by atoms with Crippen LogP contribution in [-0.4, -0.2) is 18.3 Å². The van der Waals surface area contributed by atoms with Gasteiger partial charge in [-0.2, -0.15) is 0 Å². The van der Waals surface area contributed by atoms with Gasteiger partial charge in [-0.3, -0.25) is 0 Å². The number of fused-ring (bicyclic) bond motifs is 1. The number of hydrogen-bond acceptors (Lipinski definition) is 3. The zero-order chi connectivity index (χ0) is 13.5. The highest BCUT2D eigenvalue weighted by molar-refractivity contribution is 5.82. The monoisotopic (exact) mass is 259 g/mol. The number of furan rings is 1. The van der Waals surface area contributed by atoms with Crippen molar-refractivity contribution in [3.8, 4) is 0 Å². The zero-order valence-electron chi connectivity index (χ0n) is 11.6. The van der Waals surface area contributed by atoms with Crippen molar-refractivity contribution < 1.29 is 9.52 Å². The first-order valence-corrected chi connectivity index (χ1v) is 6.97. The molecule has 1 fully saturated rings. The lowest BCUT2D eigenvalue weighted by Crippen LogP contribution is -2.28. The Morgan fingerprint density at radius 2 is 2.11 bits per heavy atom. The largest absolute Gasteiger partial charge is 0.459 e. The predicted molar refractivity (Wildman–Crippen MR) is 76.1 cm³/mol. The van der Waals surface area contributed by atoms with E-state index in [1.807, 2.05) is 18.2 Å². The van der Waals surface area contributed by atoms with Crippen LogP contribution in [0.5, 0.6) is 0 Å². The minimum absolute atomic E-state index is 0.133. The molecule has 0 saturated heterocycles. The summed E-state index contributed by atoms with van der Waals surface area (Å²) >= 11 is 0. The lowest BCUT2D eigenvalue weighted by molar-refractivity contribution is 0.203. The molecule has 2 N–H and O–H groups in total. The third kappa shape index (κ3) is 2.28. The summed E-state index contributed by atoms with van der Waals surface area (Å²) in [6.07, 6.45) is 2.25. The van der Waals surface area contributed by atoms with E-state index in [0.29, 0.717) is 0 Å². The topological polar surface area (TPSA) is 45.4 Å². The molecule has 0 amide bonds. The van der Waals surface area contributed by atoms with Crippen molar-refractivity contribution in [2.75, 3.05) is 13.2 Å². The SMILES string of the molecule is Cc1c(C(C)NCC2(CO)CC2)oc2ccccc12. The molecule has 3 nitrogen and oxygen atoms in total. The Labute approximate surface area is 113 Å². The van der Waals surface area contributed by atoms with Gasteiger partial charge in [-0.25, -0.2) is 0 Å². The van der Waals surface area contributed by atoms with Gasteiger partial charge < -0.3 is 14.8 Å². The van der Waals surface area contributed by atoms with E-state index in [4.69, 9.17) is 4.42 Å². The number of aliphatic hydroxyl groups excluding tert-OH is 1. The third-order valence-electron chi connectivity index (χ3n) is 4.35. The molecule has 1 atom stereocenters. The molecule has 0 aliphatic heterocycles. The molecule has 1 aliphatic rings. The second kappa shape index (κ2) is 4.66. The van der Waals surface area contributed by atoms with Crippen molar-refractivity contribution in [1.29, 1.82) is 0 Å². The Bertz CT molecular complexity index is 583. The van der Waals surface area contributed by atoms with E-state index in [0.717, 1.165) is 30.7 Å². The minimum Gasteiger partial charge on any atom is -0.459 e. The fraction of sp³-hybridized carbons (Fsp3) is 0.500. The zero-order valence-corrected chi connectivity index (χ0v) is 11.6. The van der Waals surface area contributed by atoms with Crippen molar-refractivity contribution in [3.63, 3.8) is 0 Å². The lowest BCUT2D eigenvalue weighted by Gasteiger charge is -2.17. The van der Waals surface area contributed by atoms with Crippen LogP contribution in [0.4, 0.5) is 0 Å². The maximum atomic E-state index is 9.35. The van der Waals surface area contributed by atoms with Gasteiger partial charge in [0.1, 0.15) is 11.3 Å². The first-order valence-electron chi connectivity index (χ1n) is 6.97. The molecule has 1 aliphatic carbocycles. The maximum Gasteiger partial charge on any atom is 0.134 e. The highest BCUT2D eigenvalue weighted by atomic mass is 16.3. The van der Waals surface area contributed by atoms with E-state index in [2.05, 4.69) is 25.2 Å². The Balaban J connectivity index is 1.77. The van der Waals surface area contributed by atoms with Gasteiger partial charge in [-0.15, -0.1) is 0 Å². The summed E-state index contributed by atoms with van der Waals surface area (Å²) in [5, 5.41) is 14.0. The fourth-order valence-electron chi connectivity index (χ4n) is 2.64. The van der Waals surface area contributed by atoms with E-state index < -0.39 is 0 Å². The molecular formula is C16H21NO2. The van der Waals surface area contributed by atoms with Crippen LogP contribution in [0.15, 0.2) is 28.7 Å². The summed E-state index contributed by atoms with van der Waals surface area (Å²) in [5.41, 5.74) is 2.30. The van der Waals surface area contributed by atoms with Gasteiger partial charge in [-0.05, 0) is 38.3 Å². The number of benzene rings is 1. The minimum atomic E-state index is 0.133. The number of nitrogens with one attached hydrogen (secondary N) is 1. The number of aryl methyl sites for hydroxylation is 1. The van der Waals surface area contributed by atoms with Gasteiger partial charge >= 0.3 is 0 Å². The molecule has 3 heteroatoms. The van der Waals surface area contributed by atoms with Crippen LogP contribution >= 0.6 is 0 Å². The van der Waals surface area contributed by atoms with Gasteiger partial charge in [0.25, 0.3) is 0 Å². The van der Waals surface area contributed by atoms with E-state index in [-0.39, 0.29) is 18.1 Å². The van der Waals surface area contributed by atoms with Crippen molar-refractivity contribution >= 4 is 11.0 Å². The Kier molecular flexibility index (Phi) is 3.11. The van der Waals surface area contributed by atoms with Gasteiger partial charge in [0, 0.05) is 24.0 Å². The van der Waals surface area contributed by atoms with Crippen molar-refractivity contribution in [3.05, 3.63) is 35.6 Å². The molecule has 1 aromatic heterocycles. The van der Waals surface area contributed by atoms with Crippen molar-refractivity contribution in [1.82, 2.24) is 5.32 Å². The molecule has 2 aromatic rings. The lowest BCUT2D eigenvalue weighted by atomic mass is 10.1. The van der Waals surface area contributed by atoms with Crippen LogP contribution < -0.4 is 5.32 Å². The summed E-state index contributed by atoms with van der Waals surface area (Å²) < 4.78 is 5.95. The van der Waals surface area contributed by atoms with Gasteiger partial charge in [0.2, 0.25) is 0 Å². The Morgan fingerprint density at radius 3 is 2.74 bits per heavy atom. The molecule has 1 saturated carbocycles. The summed E-state index contributed by atoms with van der Waals surface area (Å²) in [6.45, 7) is 5.38. The molecule has 0 radical (unpaired) electrons. The number of hydrogen-bond donors (Lipinski definition) is 2. The summed E-state index contributed by atoms with van der Waals surface area (Å²) in [6, 6.07) is 8.32. The molecule has 19 heavy (non-hydrogen) atoms. The van der Waals surface area contributed by atoms with E-state index in [1.54, 1.807) is 0 Å². The van der Waals surface area contributed by atoms with Gasteiger partial charge in [-0.1, -0.05) is 18.2 Å². The van der Waals surface area contributed by atoms with Crippen LogP contribution in [-0.2, 0) is 0 Å². The average molecular weight is 259 g/mol. The second-order valence-electron chi connectivity index (χ2n) is 5.85. The molecule has 0 bridgehead atoms. The highest BCUT2D eigenvalue weighted by Crippen LogP contribution is 2.44. The smallest absolute Gasteiger partial charge is 0.134 e. The third-order valence-corrected chi connectivity index (χ3v) is 4.35. The highest BCUT2D eigenvalue weighted by Gasteiger charge is 2.41. The molecule has 0 spiro atoms. The number of rotatable bonds is 5. The van der Waals surface area contributed by atoms with Crippen LogP contribution in [0.3, 0.4) is 0 Å². The Hall–Kier alpha value is -1.32. The molecule has 1 unspecified atom stereocenters. The van der Waals surface area contributed by atoms with Crippen LogP contribution in [0.25, 0.3) is 11.0 Å². The summed E-state index contributed by atoms with van der Waals surface area (Å²) in [4.78, 5) is 0. The molecule has 1 aromatic carbocycles. The van der Waals surface area contributed by atoms with Crippen molar-refractivity contribution in [2.45, 2.75) is 32.7 Å². The maximum absolute atomic E-state index is 9.35. The van der Waals surface area contributed by atoms with E-state index in [9.17, 15) is 5.11 Å². The number of aliphatic hydroxyl groups is 1. The second-order valence-corrected chi connectivity index (χ2v) is 5.85. The van der Waals surface area contributed by atoms with Gasteiger partial charge in [0.15, 0.2) is 0 Å². The van der Waals surface area contributed by atoms with Crippen LogP contribution in [0.1, 0.15) is 37.1 Å². The Morgan fingerprint density at radius 1 is 1.37 bits per heavy atom. The molecular weight excluding hydrogens is 238 g/mol. The fourth-order valence-corrected chi connectivity index (χ4v) is 2.64.